The van der Waals surface area contributed by atoms with Gasteiger partial charge >= 0.3 is 5.97 Å². The number of benzene rings is 2. The third-order valence-corrected chi connectivity index (χ3v) is 3.62. The van der Waals surface area contributed by atoms with Crippen molar-refractivity contribution in [1.82, 2.24) is 4.57 Å². The highest BCUT2D eigenvalue weighted by Crippen LogP contribution is 2.20. The van der Waals surface area contributed by atoms with E-state index in [1.165, 1.54) is 24.3 Å². The van der Waals surface area contributed by atoms with Gasteiger partial charge in [-0.05, 0) is 29.8 Å². The second-order valence-electron chi connectivity index (χ2n) is 5.18. The number of rotatable bonds is 3. The van der Waals surface area contributed by atoms with E-state index in [0.29, 0.717) is 5.56 Å². The molecule has 4 nitrogen and oxygen atoms in total. The number of fused-ring (bicyclic) bond motifs is 1. The molecule has 0 radical (unpaired) electrons. The summed E-state index contributed by atoms with van der Waals surface area (Å²) in [6, 6.07) is 6.86. The smallest absolute Gasteiger partial charge is 0.341 e. The second-order valence-corrected chi connectivity index (χ2v) is 5.18. The standard InChI is InChI=1S/C17H10F3NO3/c18-10-3-1-9(2-4-10)7-21-8-11(17(23)24)16(22)14-12(19)5-6-13(20)15(14)21/h1-6,8H,7H2,(H,23,24). The van der Waals surface area contributed by atoms with E-state index in [1.807, 2.05) is 0 Å². The summed E-state index contributed by atoms with van der Waals surface area (Å²) in [6.45, 7) is -0.0578. The molecule has 0 fully saturated rings. The van der Waals surface area contributed by atoms with Gasteiger partial charge in [-0.2, -0.15) is 0 Å². The van der Waals surface area contributed by atoms with Crippen LogP contribution in [0.2, 0.25) is 0 Å². The largest absolute Gasteiger partial charge is 0.477 e. The number of pyridine rings is 1. The van der Waals surface area contributed by atoms with E-state index < -0.39 is 39.8 Å². The highest BCUT2D eigenvalue weighted by atomic mass is 19.1. The Bertz CT molecular complexity index is 1010. The van der Waals surface area contributed by atoms with Gasteiger partial charge in [-0.15, -0.1) is 0 Å². The van der Waals surface area contributed by atoms with Gasteiger partial charge in [-0.1, -0.05) is 12.1 Å². The maximum Gasteiger partial charge on any atom is 0.341 e. The van der Waals surface area contributed by atoms with Crippen molar-refractivity contribution in [3.63, 3.8) is 0 Å². The quantitative estimate of drug-likeness (QED) is 0.801. The van der Waals surface area contributed by atoms with Gasteiger partial charge in [0.2, 0.25) is 5.43 Å². The van der Waals surface area contributed by atoms with Crippen LogP contribution in [0.3, 0.4) is 0 Å². The van der Waals surface area contributed by atoms with Crippen LogP contribution in [0.5, 0.6) is 0 Å². The lowest BCUT2D eigenvalue weighted by Crippen LogP contribution is -2.21. The van der Waals surface area contributed by atoms with Crippen molar-refractivity contribution < 1.29 is 23.1 Å². The third-order valence-electron chi connectivity index (χ3n) is 3.62. The second kappa shape index (κ2) is 5.84. The van der Waals surface area contributed by atoms with Crippen molar-refractivity contribution in [2.24, 2.45) is 0 Å². The van der Waals surface area contributed by atoms with Crippen LogP contribution in [-0.2, 0) is 6.54 Å². The highest BCUT2D eigenvalue weighted by molar-refractivity contribution is 5.92. The van der Waals surface area contributed by atoms with E-state index in [-0.39, 0.29) is 12.1 Å². The number of carbonyl (C=O) groups is 1. The van der Waals surface area contributed by atoms with E-state index in [9.17, 15) is 22.8 Å². The van der Waals surface area contributed by atoms with Crippen molar-refractivity contribution in [3.8, 4) is 0 Å². The topological polar surface area (TPSA) is 59.3 Å². The van der Waals surface area contributed by atoms with Crippen molar-refractivity contribution in [2.75, 3.05) is 0 Å². The Morgan fingerprint density at radius 2 is 1.62 bits per heavy atom. The predicted molar refractivity (Wildman–Crippen MR) is 80.6 cm³/mol. The number of aromatic carboxylic acids is 1. The van der Waals surface area contributed by atoms with E-state index >= 15 is 0 Å². The van der Waals surface area contributed by atoms with Gasteiger partial charge in [0.05, 0.1) is 10.9 Å². The van der Waals surface area contributed by atoms with E-state index in [2.05, 4.69) is 0 Å². The average molecular weight is 333 g/mol. The molecule has 0 saturated heterocycles. The van der Waals surface area contributed by atoms with Crippen LogP contribution >= 0.6 is 0 Å². The Kier molecular flexibility index (Phi) is 3.84. The van der Waals surface area contributed by atoms with Crippen LogP contribution in [0, 0.1) is 17.5 Å². The molecule has 1 aromatic heterocycles. The molecule has 0 aliphatic carbocycles. The summed E-state index contributed by atoms with van der Waals surface area (Å²) >= 11 is 0. The molecule has 0 bridgehead atoms. The van der Waals surface area contributed by atoms with Gasteiger partial charge in [0.25, 0.3) is 0 Å². The van der Waals surface area contributed by atoms with E-state index in [0.717, 1.165) is 22.9 Å². The molecule has 0 aliphatic rings. The zero-order valence-corrected chi connectivity index (χ0v) is 12.1. The Morgan fingerprint density at radius 3 is 2.25 bits per heavy atom. The first-order valence-electron chi connectivity index (χ1n) is 6.87. The first kappa shape index (κ1) is 15.8. The van der Waals surface area contributed by atoms with E-state index in [4.69, 9.17) is 5.11 Å². The SMILES string of the molecule is O=C(O)c1cn(Cc2ccc(F)cc2)c2c(F)ccc(F)c2c1=O. The number of nitrogens with zero attached hydrogens (tertiary/aromatic N) is 1. The maximum atomic E-state index is 14.2. The van der Waals surface area contributed by atoms with Crippen LogP contribution in [0.15, 0.2) is 47.4 Å². The molecule has 0 unspecified atom stereocenters. The van der Waals surface area contributed by atoms with Crippen molar-refractivity contribution in [1.29, 1.82) is 0 Å². The molecule has 1 N–H and O–H groups in total. The number of aromatic nitrogens is 1. The van der Waals surface area contributed by atoms with Crippen molar-refractivity contribution in [2.45, 2.75) is 6.54 Å². The highest BCUT2D eigenvalue weighted by Gasteiger charge is 2.20. The fraction of sp³-hybridized carbons (Fsp3) is 0.0588. The molecule has 7 heteroatoms. The fourth-order valence-corrected chi connectivity index (χ4v) is 2.52. The Hall–Kier alpha value is -3.09. The summed E-state index contributed by atoms with van der Waals surface area (Å²) < 4.78 is 42.3. The van der Waals surface area contributed by atoms with Gasteiger partial charge in [0.1, 0.15) is 23.0 Å². The minimum atomic E-state index is -1.54. The summed E-state index contributed by atoms with van der Waals surface area (Å²) in [5, 5.41) is 8.51. The molecule has 0 saturated carbocycles. The Labute approximate surface area is 133 Å². The van der Waals surface area contributed by atoms with Crippen LogP contribution in [0.1, 0.15) is 15.9 Å². The number of halogens is 3. The number of hydrogen-bond donors (Lipinski definition) is 1. The number of carboxylic acid groups (broad SMARTS) is 1. The van der Waals surface area contributed by atoms with Crippen LogP contribution in [0.4, 0.5) is 13.2 Å². The van der Waals surface area contributed by atoms with Gasteiger partial charge in [0, 0.05) is 12.7 Å². The molecule has 0 atom stereocenters. The monoisotopic (exact) mass is 333 g/mol. The van der Waals surface area contributed by atoms with Crippen LogP contribution < -0.4 is 5.43 Å². The third kappa shape index (κ3) is 2.64. The molecule has 0 amide bonds. The normalized spacial score (nSPS) is 11.0. The van der Waals surface area contributed by atoms with Gasteiger partial charge in [-0.25, -0.2) is 18.0 Å². The molecule has 2 aromatic carbocycles. The summed E-state index contributed by atoms with van der Waals surface area (Å²) in [5.74, 6) is -3.87. The van der Waals surface area contributed by atoms with Crippen molar-refractivity contribution in [3.05, 3.63) is 81.4 Å². The molecule has 122 valence electrons. The lowest BCUT2D eigenvalue weighted by Gasteiger charge is -2.13. The predicted octanol–water partition coefficient (Wildman–Crippen LogP) is 3.17. The fourth-order valence-electron chi connectivity index (χ4n) is 2.52. The molecule has 0 aliphatic heterocycles. The minimum Gasteiger partial charge on any atom is -0.477 e. The lowest BCUT2D eigenvalue weighted by molar-refractivity contribution is 0.0695. The Balaban J connectivity index is 2.31. The molecule has 3 rings (SSSR count). The van der Waals surface area contributed by atoms with Crippen molar-refractivity contribution >= 4 is 16.9 Å². The molecule has 0 spiro atoms. The zero-order chi connectivity index (χ0) is 17.4. The first-order valence-corrected chi connectivity index (χ1v) is 6.87. The minimum absolute atomic E-state index is 0.0578. The molecular weight excluding hydrogens is 323 g/mol. The zero-order valence-electron chi connectivity index (χ0n) is 12.1. The van der Waals surface area contributed by atoms with Gasteiger partial charge in [-0.3, -0.25) is 4.79 Å². The lowest BCUT2D eigenvalue weighted by atomic mass is 10.1. The number of hydrogen-bond acceptors (Lipinski definition) is 2. The van der Waals surface area contributed by atoms with E-state index in [1.54, 1.807) is 0 Å². The molecular formula is C17H10F3NO3. The average Bonchev–Trinajstić information content (AvgIpc) is 2.54. The Morgan fingerprint density at radius 1 is 1.00 bits per heavy atom. The summed E-state index contributed by atoms with van der Waals surface area (Å²) in [6.07, 6.45) is 0.957. The summed E-state index contributed by atoms with van der Waals surface area (Å²) in [7, 11) is 0. The molecule has 3 aromatic rings. The maximum absolute atomic E-state index is 14.2. The van der Waals surface area contributed by atoms with Crippen LogP contribution in [0.25, 0.3) is 10.9 Å². The molecule has 24 heavy (non-hydrogen) atoms. The van der Waals surface area contributed by atoms with Crippen LogP contribution in [-0.4, -0.2) is 15.6 Å². The summed E-state index contributed by atoms with van der Waals surface area (Å²) in [4.78, 5) is 23.4. The van der Waals surface area contributed by atoms with Gasteiger partial charge in [0.15, 0.2) is 0 Å². The summed E-state index contributed by atoms with van der Waals surface area (Å²) in [5.41, 5.74) is -1.57. The first-order chi connectivity index (χ1) is 11.4. The number of carboxylic acids is 1. The molecule has 1 heterocycles. The van der Waals surface area contributed by atoms with Gasteiger partial charge < -0.3 is 9.67 Å².